The van der Waals surface area contributed by atoms with Crippen LogP contribution in [0.4, 0.5) is 5.82 Å². The molecular weight excluding hydrogens is 244 g/mol. The van der Waals surface area contributed by atoms with Crippen LogP contribution in [0.25, 0.3) is 0 Å². The Morgan fingerprint density at radius 1 is 1.42 bits per heavy atom. The number of hydrogen-bond acceptors (Lipinski definition) is 4. The Hall–Kier alpha value is -2.30. The van der Waals surface area contributed by atoms with Gasteiger partial charge < -0.3 is 14.8 Å². The van der Waals surface area contributed by atoms with Crippen molar-refractivity contribution in [3.8, 4) is 0 Å². The van der Waals surface area contributed by atoms with Crippen LogP contribution in [0.3, 0.4) is 0 Å². The van der Waals surface area contributed by atoms with Gasteiger partial charge in [-0.05, 0) is 37.6 Å². The SMILES string of the molecule is CC(CCc1ccco1)Nc1cccc(C(=O)O)n1. The van der Waals surface area contributed by atoms with Crippen LogP contribution in [0.1, 0.15) is 29.6 Å². The van der Waals surface area contributed by atoms with Crippen LogP contribution in [-0.4, -0.2) is 22.1 Å². The number of furan rings is 1. The van der Waals surface area contributed by atoms with Crippen LogP contribution in [0.5, 0.6) is 0 Å². The van der Waals surface area contributed by atoms with Crippen molar-refractivity contribution in [2.24, 2.45) is 0 Å². The van der Waals surface area contributed by atoms with Gasteiger partial charge in [-0.25, -0.2) is 9.78 Å². The number of aromatic carboxylic acids is 1. The Bertz CT molecular complexity index is 537. The van der Waals surface area contributed by atoms with Crippen LogP contribution in [-0.2, 0) is 6.42 Å². The monoisotopic (exact) mass is 260 g/mol. The first-order valence-corrected chi connectivity index (χ1v) is 6.14. The topological polar surface area (TPSA) is 75.4 Å². The van der Waals surface area contributed by atoms with E-state index in [1.54, 1.807) is 18.4 Å². The number of hydrogen-bond donors (Lipinski definition) is 2. The summed E-state index contributed by atoms with van der Waals surface area (Å²) in [6.07, 6.45) is 3.37. The lowest BCUT2D eigenvalue weighted by Gasteiger charge is -2.13. The summed E-state index contributed by atoms with van der Waals surface area (Å²) in [4.78, 5) is 14.8. The second kappa shape index (κ2) is 6.04. The second-order valence-corrected chi connectivity index (χ2v) is 4.38. The van der Waals surface area contributed by atoms with Gasteiger partial charge in [0.25, 0.3) is 0 Å². The zero-order chi connectivity index (χ0) is 13.7. The third-order valence-corrected chi connectivity index (χ3v) is 2.77. The van der Waals surface area contributed by atoms with Gasteiger partial charge in [0.1, 0.15) is 11.6 Å². The number of aryl methyl sites for hydroxylation is 1. The molecule has 19 heavy (non-hydrogen) atoms. The zero-order valence-electron chi connectivity index (χ0n) is 10.7. The molecule has 0 aliphatic carbocycles. The minimum Gasteiger partial charge on any atom is -0.477 e. The number of anilines is 1. The fourth-order valence-electron chi connectivity index (χ4n) is 1.77. The second-order valence-electron chi connectivity index (χ2n) is 4.38. The molecule has 0 bridgehead atoms. The van der Waals surface area contributed by atoms with E-state index in [0.29, 0.717) is 5.82 Å². The Kier molecular flexibility index (Phi) is 4.18. The first-order valence-electron chi connectivity index (χ1n) is 6.14. The summed E-state index contributed by atoms with van der Waals surface area (Å²) >= 11 is 0. The van der Waals surface area contributed by atoms with E-state index in [1.807, 2.05) is 19.1 Å². The van der Waals surface area contributed by atoms with Gasteiger partial charge in [0.2, 0.25) is 0 Å². The van der Waals surface area contributed by atoms with Crippen molar-refractivity contribution in [1.82, 2.24) is 4.98 Å². The third-order valence-electron chi connectivity index (χ3n) is 2.77. The highest BCUT2D eigenvalue weighted by Crippen LogP contribution is 2.11. The average Bonchev–Trinajstić information content (AvgIpc) is 2.90. The molecule has 2 N–H and O–H groups in total. The van der Waals surface area contributed by atoms with E-state index in [4.69, 9.17) is 9.52 Å². The number of nitrogens with zero attached hydrogens (tertiary/aromatic N) is 1. The molecule has 2 heterocycles. The number of carboxylic acid groups (broad SMARTS) is 1. The summed E-state index contributed by atoms with van der Waals surface area (Å²) in [7, 11) is 0. The lowest BCUT2D eigenvalue weighted by Crippen LogP contribution is -2.17. The van der Waals surface area contributed by atoms with E-state index in [2.05, 4.69) is 10.3 Å². The molecule has 2 rings (SSSR count). The summed E-state index contributed by atoms with van der Waals surface area (Å²) in [5.74, 6) is 0.500. The maximum Gasteiger partial charge on any atom is 0.354 e. The molecule has 5 heteroatoms. The average molecular weight is 260 g/mol. The van der Waals surface area contributed by atoms with Crippen molar-refractivity contribution < 1.29 is 14.3 Å². The van der Waals surface area contributed by atoms with Crippen molar-refractivity contribution >= 4 is 11.8 Å². The Labute approximate surface area is 111 Å². The number of pyridine rings is 1. The molecule has 0 saturated heterocycles. The number of nitrogens with one attached hydrogen (secondary N) is 1. The van der Waals surface area contributed by atoms with Gasteiger partial charge >= 0.3 is 5.97 Å². The Morgan fingerprint density at radius 2 is 2.26 bits per heavy atom. The highest BCUT2D eigenvalue weighted by molar-refractivity contribution is 5.85. The van der Waals surface area contributed by atoms with Crippen LogP contribution in [0, 0.1) is 0 Å². The lowest BCUT2D eigenvalue weighted by molar-refractivity contribution is 0.0690. The molecule has 0 aromatic carbocycles. The van der Waals surface area contributed by atoms with Gasteiger partial charge in [-0.15, -0.1) is 0 Å². The summed E-state index contributed by atoms with van der Waals surface area (Å²) in [5, 5.41) is 12.1. The standard InChI is InChI=1S/C14H16N2O3/c1-10(7-8-11-4-3-9-19-11)15-13-6-2-5-12(16-13)14(17)18/h2-6,9-10H,7-8H2,1H3,(H,15,16)(H,17,18). The molecule has 0 fully saturated rings. The van der Waals surface area contributed by atoms with E-state index >= 15 is 0 Å². The zero-order valence-corrected chi connectivity index (χ0v) is 10.7. The number of carbonyl (C=O) groups is 1. The minimum atomic E-state index is -1.02. The molecule has 5 nitrogen and oxygen atoms in total. The Balaban J connectivity index is 1.89. The number of rotatable bonds is 6. The summed E-state index contributed by atoms with van der Waals surface area (Å²) in [6, 6.07) is 8.90. The summed E-state index contributed by atoms with van der Waals surface area (Å²) in [6.45, 7) is 2.03. The van der Waals surface area contributed by atoms with Crippen LogP contribution >= 0.6 is 0 Å². The van der Waals surface area contributed by atoms with E-state index in [9.17, 15) is 4.79 Å². The molecular formula is C14H16N2O3. The molecule has 0 radical (unpaired) electrons. The van der Waals surface area contributed by atoms with Crippen molar-refractivity contribution in [3.05, 3.63) is 48.0 Å². The van der Waals surface area contributed by atoms with Gasteiger partial charge in [-0.1, -0.05) is 6.07 Å². The first-order chi connectivity index (χ1) is 9.15. The predicted molar refractivity (Wildman–Crippen MR) is 71.3 cm³/mol. The van der Waals surface area contributed by atoms with Gasteiger partial charge in [0.15, 0.2) is 5.69 Å². The lowest BCUT2D eigenvalue weighted by atomic mass is 10.1. The highest BCUT2D eigenvalue weighted by Gasteiger charge is 2.08. The van der Waals surface area contributed by atoms with E-state index in [1.165, 1.54) is 6.07 Å². The van der Waals surface area contributed by atoms with Crippen molar-refractivity contribution in [1.29, 1.82) is 0 Å². The first kappa shape index (κ1) is 13.1. The number of carboxylic acids is 1. The molecule has 100 valence electrons. The van der Waals surface area contributed by atoms with Gasteiger partial charge in [0, 0.05) is 12.5 Å². The molecule has 1 atom stereocenters. The van der Waals surface area contributed by atoms with Crippen molar-refractivity contribution in [3.63, 3.8) is 0 Å². The highest BCUT2D eigenvalue weighted by atomic mass is 16.4. The molecule has 0 aliphatic rings. The summed E-state index contributed by atoms with van der Waals surface area (Å²) < 4.78 is 5.26. The predicted octanol–water partition coefficient (Wildman–Crippen LogP) is 2.81. The van der Waals surface area contributed by atoms with E-state index in [0.717, 1.165) is 18.6 Å². The molecule has 0 saturated carbocycles. The van der Waals surface area contributed by atoms with Gasteiger partial charge in [0.05, 0.1) is 6.26 Å². The van der Waals surface area contributed by atoms with Crippen molar-refractivity contribution in [2.75, 3.05) is 5.32 Å². The van der Waals surface area contributed by atoms with Gasteiger partial charge in [-0.2, -0.15) is 0 Å². The number of aromatic nitrogens is 1. The van der Waals surface area contributed by atoms with Gasteiger partial charge in [-0.3, -0.25) is 0 Å². The third kappa shape index (κ3) is 3.84. The Morgan fingerprint density at radius 3 is 2.95 bits per heavy atom. The quantitative estimate of drug-likeness (QED) is 0.835. The molecule has 0 amide bonds. The molecule has 2 aromatic heterocycles. The van der Waals surface area contributed by atoms with E-state index in [-0.39, 0.29) is 11.7 Å². The fraction of sp³-hybridized carbons (Fsp3) is 0.286. The fourth-order valence-corrected chi connectivity index (χ4v) is 1.77. The van der Waals surface area contributed by atoms with E-state index < -0.39 is 5.97 Å². The molecule has 0 spiro atoms. The smallest absolute Gasteiger partial charge is 0.354 e. The molecule has 0 aliphatic heterocycles. The van der Waals surface area contributed by atoms with Crippen molar-refractivity contribution in [2.45, 2.75) is 25.8 Å². The maximum atomic E-state index is 10.8. The van der Waals surface area contributed by atoms with Crippen LogP contribution < -0.4 is 5.32 Å². The molecule has 1 unspecified atom stereocenters. The largest absolute Gasteiger partial charge is 0.477 e. The minimum absolute atomic E-state index is 0.0447. The normalized spacial score (nSPS) is 12.1. The molecule has 2 aromatic rings. The van der Waals surface area contributed by atoms with Crippen LogP contribution in [0.15, 0.2) is 41.0 Å². The summed E-state index contributed by atoms with van der Waals surface area (Å²) in [5.41, 5.74) is 0.0447. The van der Waals surface area contributed by atoms with Crippen LogP contribution in [0.2, 0.25) is 0 Å². The maximum absolute atomic E-state index is 10.8.